The van der Waals surface area contributed by atoms with E-state index in [0.717, 1.165) is 72.4 Å². The van der Waals surface area contributed by atoms with Gasteiger partial charge in [-0.1, -0.05) is 50.1 Å². The summed E-state index contributed by atoms with van der Waals surface area (Å²) in [4.78, 5) is 24.5. The number of rotatable bonds is 7. The molecule has 1 unspecified atom stereocenters. The van der Waals surface area contributed by atoms with E-state index in [1.807, 2.05) is 12.1 Å². The van der Waals surface area contributed by atoms with Crippen molar-refractivity contribution in [2.24, 2.45) is 0 Å². The van der Waals surface area contributed by atoms with Crippen LogP contribution in [0.15, 0.2) is 42.5 Å². The van der Waals surface area contributed by atoms with Crippen molar-refractivity contribution in [2.45, 2.75) is 65.0 Å². The molecule has 0 aliphatic carbocycles. The molecular weight excluding hydrogens is 412 g/mol. The van der Waals surface area contributed by atoms with Crippen LogP contribution in [0.25, 0.3) is 22.3 Å². The van der Waals surface area contributed by atoms with Crippen LogP contribution in [0.1, 0.15) is 51.6 Å². The molecule has 0 bridgehead atoms. The first kappa shape index (κ1) is 23.2. The monoisotopic (exact) mass is 448 g/mol. The molecule has 2 aromatic carbocycles. The fraction of sp³-hybridized carbons (Fsp3) is 0.444. The van der Waals surface area contributed by atoms with E-state index in [4.69, 9.17) is 9.97 Å². The van der Waals surface area contributed by atoms with E-state index < -0.39 is 6.10 Å². The molecule has 1 fully saturated rings. The number of hydrogen-bond donors (Lipinski definition) is 2. The summed E-state index contributed by atoms with van der Waals surface area (Å²) in [6, 6.07) is 14.6. The highest BCUT2D eigenvalue weighted by Gasteiger charge is 2.25. The summed E-state index contributed by atoms with van der Waals surface area (Å²) >= 11 is 0. The zero-order valence-electron chi connectivity index (χ0n) is 19.8. The van der Waals surface area contributed by atoms with Crippen molar-refractivity contribution in [1.82, 2.24) is 15.3 Å². The molecule has 4 rings (SSSR count). The van der Waals surface area contributed by atoms with Gasteiger partial charge in [0.05, 0.1) is 5.52 Å². The standard InChI is InChI=1S/C27H34N4O2.H2/c1-4-5-10-24(32)27(33)28-20-13-15-31(16-14-20)26-22-12-11-18(2)17-23(22)29-25(30-26)21-9-7-6-8-19(21)3;/h6-9,11-12,17,20,24,32H,4-5,10,13-16H2,1-3H3,(H,28,33);1H. The number of fused-ring (bicyclic) bond motifs is 1. The van der Waals surface area contributed by atoms with Crippen LogP contribution in [0.5, 0.6) is 0 Å². The molecule has 1 aliphatic rings. The number of anilines is 1. The Labute approximate surface area is 197 Å². The molecule has 0 saturated carbocycles. The number of amides is 1. The Morgan fingerprint density at radius 1 is 1.18 bits per heavy atom. The van der Waals surface area contributed by atoms with Gasteiger partial charge in [-0.25, -0.2) is 9.97 Å². The highest BCUT2D eigenvalue weighted by molar-refractivity contribution is 5.91. The second-order valence-electron chi connectivity index (χ2n) is 9.13. The maximum Gasteiger partial charge on any atom is 0.249 e. The fourth-order valence-corrected chi connectivity index (χ4v) is 4.47. The van der Waals surface area contributed by atoms with E-state index in [2.05, 4.69) is 61.3 Å². The smallest absolute Gasteiger partial charge is 0.249 e. The quantitative estimate of drug-likeness (QED) is 0.543. The number of aliphatic hydroxyl groups is 1. The first-order valence-corrected chi connectivity index (χ1v) is 12.0. The third kappa shape index (κ3) is 5.33. The Balaban J connectivity index is 0.00000324. The van der Waals surface area contributed by atoms with Gasteiger partial charge in [0.25, 0.3) is 0 Å². The van der Waals surface area contributed by atoms with E-state index in [1.165, 1.54) is 5.56 Å². The van der Waals surface area contributed by atoms with Gasteiger partial charge in [-0.3, -0.25) is 4.79 Å². The number of piperidine rings is 1. The van der Waals surface area contributed by atoms with Crippen molar-refractivity contribution >= 4 is 22.6 Å². The van der Waals surface area contributed by atoms with Crippen molar-refractivity contribution < 1.29 is 11.3 Å². The molecule has 33 heavy (non-hydrogen) atoms. The molecule has 2 heterocycles. The minimum absolute atomic E-state index is 0. The number of nitrogens with one attached hydrogen (secondary N) is 1. The molecule has 0 spiro atoms. The van der Waals surface area contributed by atoms with Crippen LogP contribution in [0.3, 0.4) is 0 Å². The fourth-order valence-electron chi connectivity index (χ4n) is 4.47. The lowest BCUT2D eigenvalue weighted by Crippen LogP contribution is -2.47. The summed E-state index contributed by atoms with van der Waals surface area (Å²) in [6.45, 7) is 7.81. The first-order chi connectivity index (χ1) is 16.0. The van der Waals surface area contributed by atoms with Gasteiger partial charge in [0.15, 0.2) is 5.82 Å². The van der Waals surface area contributed by atoms with Crippen molar-refractivity contribution in [3.8, 4) is 11.4 Å². The van der Waals surface area contributed by atoms with E-state index >= 15 is 0 Å². The van der Waals surface area contributed by atoms with Crippen LogP contribution in [-0.4, -0.2) is 46.2 Å². The Bertz CT molecular complexity index is 1130. The minimum atomic E-state index is -0.909. The van der Waals surface area contributed by atoms with Gasteiger partial charge in [-0.05, 0) is 56.4 Å². The lowest BCUT2D eigenvalue weighted by Gasteiger charge is -2.34. The molecule has 1 aromatic heterocycles. The summed E-state index contributed by atoms with van der Waals surface area (Å²) in [6.07, 6.45) is 3.09. The number of hydrogen-bond acceptors (Lipinski definition) is 5. The van der Waals surface area contributed by atoms with Gasteiger partial charge in [-0.2, -0.15) is 0 Å². The zero-order valence-corrected chi connectivity index (χ0v) is 19.8. The van der Waals surface area contributed by atoms with Crippen molar-refractivity contribution in [3.63, 3.8) is 0 Å². The molecule has 1 saturated heterocycles. The number of benzene rings is 2. The van der Waals surface area contributed by atoms with Crippen LogP contribution >= 0.6 is 0 Å². The van der Waals surface area contributed by atoms with Gasteiger partial charge in [0.2, 0.25) is 5.91 Å². The molecule has 6 heteroatoms. The average molecular weight is 449 g/mol. The Kier molecular flexibility index (Phi) is 7.23. The molecule has 2 N–H and O–H groups in total. The van der Waals surface area contributed by atoms with E-state index in [0.29, 0.717) is 6.42 Å². The predicted octanol–water partition coefficient (Wildman–Crippen LogP) is 4.80. The normalized spacial score (nSPS) is 15.6. The highest BCUT2D eigenvalue weighted by atomic mass is 16.3. The number of aromatic nitrogens is 2. The lowest BCUT2D eigenvalue weighted by molar-refractivity contribution is -0.130. The SMILES string of the molecule is CCCCC(O)C(=O)NC1CCN(c2nc(-c3ccccc3C)nc3cc(C)ccc23)CC1.[HH]. The number of aliphatic hydroxyl groups excluding tert-OH is 1. The predicted molar refractivity (Wildman–Crippen MR) is 135 cm³/mol. The summed E-state index contributed by atoms with van der Waals surface area (Å²) in [5.74, 6) is 1.45. The number of nitrogens with zero attached hydrogens (tertiary/aromatic N) is 3. The number of carbonyl (C=O) groups excluding carboxylic acids is 1. The molecule has 3 aromatic rings. The van der Waals surface area contributed by atoms with E-state index in [9.17, 15) is 9.90 Å². The Morgan fingerprint density at radius 3 is 2.67 bits per heavy atom. The second-order valence-corrected chi connectivity index (χ2v) is 9.13. The van der Waals surface area contributed by atoms with Gasteiger partial charge < -0.3 is 15.3 Å². The number of unbranched alkanes of at least 4 members (excludes halogenated alkanes) is 1. The maximum absolute atomic E-state index is 12.3. The Hall–Kier alpha value is -2.99. The van der Waals surface area contributed by atoms with Crippen LogP contribution in [0.2, 0.25) is 0 Å². The van der Waals surface area contributed by atoms with Crippen molar-refractivity contribution in [3.05, 3.63) is 53.6 Å². The maximum atomic E-state index is 12.3. The lowest BCUT2D eigenvalue weighted by atomic mass is 10.0. The molecule has 1 atom stereocenters. The molecule has 6 nitrogen and oxygen atoms in total. The van der Waals surface area contributed by atoms with E-state index in [-0.39, 0.29) is 13.4 Å². The zero-order chi connectivity index (χ0) is 23.4. The number of carbonyl (C=O) groups is 1. The van der Waals surface area contributed by atoms with E-state index in [1.54, 1.807) is 0 Å². The van der Waals surface area contributed by atoms with Gasteiger partial charge in [0.1, 0.15) is 11.9 Å². The molecule has 0 radical (unpaired) electrons. The van der Waals surface area contributed by atoms with Crippen molar-refractivity contribution in [2.75, 3.05) is 18.0 Å². The van der Waals surface area contributed by atoms with Gasteiger partial charge in [-0.15, -0.1) is 0 Å². The molecule has 1 amide bonds. The summed E-state index contributed by atoms with van der Waals surface area (Å²) in [7, 11) is 0. The molecule has 1 aliphatic heterocycles. The van der Waals surface area contributed by atoms with Gasteiger partial charge >= 0.3 is 0 Å². The first-order valence-electron chi connectivity index (χ1n) is 12.0. The molecular formula is C27H36N4O2. The van der Waals surface area contributed by atoms with Gasteiger partial charge in [0, 0.05) is 31.5 Å². The topological polar surface area (TPSA) is 78.4 Å². The van der Waals surface area contributed by atoms with Crippen LogP contribution < -0.4 is 10.2 Å². The third-order valence-electron chi connectivity index (χ3n) is 6.49. The van der Waals surface area contributed by atoms with Crippen LogP contribution in [-0.2, 0) is 4.79 Å². The highest BCUT2D eigenvalue weighted by Crippen LogP contribution is 2.31. The number of aryl methyl sites for hydroxylation is 2. The summed E-state index contributed by atoms with van der Waals surface area (Å²) in [5.41, 5.74) is 4.32. The van der Waals surface area contributed by atoms with Crippen molar-refractivity contribution in [1.29, 1.82) is 0 Å². The summed E-state index contributed by atoms with van der Waals surface area (Å²) in [5, 5.41) is 14.2. The average Bonchev–Trinajstić information content (AvgIpc) is 2.82. The van der Waals surface area contributed by atoms with Crippen LogP contribution in [0, 0.1) is 13.8 Å². The second kappa shape index (κ2) is 10.3. The Morgan fingerprint density at radius 2 is 1.94 bits per heavy atom. The minimum Gasteiger partial charge on any atom is -0.383 e. The third-order valence-corrected chi connectivity index (χ3v) is 6.49. The summed E-state index contributed by atoms with van der Waals surface area (Å²) < 4.78 is 0. The molecule has 176 valence electrons. The largest absolute Gasteiger partial charge is 0.383 e. The van der Waals surface area contributed by atoms with Crippen LogP contribution in [0.4, 0.5) is 5.82 Å².